The molecule has 1 saturated heterocycles. The van der Waals surface area contributed by atoms with Crippen LogP contribution in [0.4, 0.5) is 10.5 Å². The van der Waals surface area contributed by atoms with Gasteiger partial charge in [0, 0.05) is 43.2 Å². The number of hydrogen-bond donors (Lipinski definition) is 6. The molecule has 1 saturated carbocycles. The van der Waals surface area contributed by atoms with E-state index in [4.69, 9.17) is 9.84 Å². The predicted molar refractivity (Wildman–Crippen MR) is 197 cm³/mol. The molecule has 1 aliphatic heterocycles. The van der Waals surface area contributed by atoms with Crippen LogP contribution in [-0.4, -0.2) is 89.8 Å². The third-order valence-corrected chi connectivity index (χ3v) is 11.7. The van der Waals surface area contributed by atoms with Crippen molar-refractivity contribution in [1.29, 1.82) is 0 Å². The van der Waals surface area contributed by atoms with Crippen molar-refractivity contribution in [3.8, 4) is 22.5 Å². The van der Waals surface area contributed by atoms with Gasteiger partial charge in [-0.15, -0.1) is 0 Å². The van der Waals surface area contributed by atoms with Crippen molar-refractivity contribution < 1.29 is 32.6 Å². The molecule has 15 nitrogen and oxygen atoms in total. The van der Waals surface area contributed by atoms with Crippen LogP contribution in [-0.2, 0) is 30.8 Å². The first kappa shape index (κ1) is 37.4. The second kappa shape index (κ2) is 16.6. The zero-order chi connectivity index (χ0) is 37.5. The highest BCUT2D eigenvalue weighted by molar-refractivity contribution is 7.89. The van der Waals surface area contributed by atoms with Crippen LogP contribution < -0.4 is 21.6 Å². The fourth-order valence-corrected chi connectivity index (χ4v) is 8.25. The number of nitrogens with zero attached hydrogens (tertiary/aromatic N) is 2. The lowest BCUT2D eigenvalue weighted by atomic mass is 9.81. The summed E-state index contributed by atoms with van der Waals surface area (Å²) in [6.07, 6.45) is 1.59. The van der Waals surface area contributed by atoms with Gasteiger partial charge in [-0.2, -0.15) is 9.40 Å². The Labute approximate surface area is 306 Å². The Morgan fingerprint density at radius 1 is 0.981 bits per heavy atom. The largest absolute Gasteiger partial charge is 0.465 e. The highest BCUT2D eigenvalue weighted by Gasteiger charge is 2.31. The number of carbonyl (C=O) groups is 3. The molecular formula is C37H43N7O8S. The molecule has 6 rings (SSSR count). The van der Waals surface area contributed by atoms with Crippen molar-refractivity contribution in [2.24, 2.45) is 11.8 Å². The normalized spacial score (nSPS) is 18.5. The quantitative estimate of drug-likeness (QED) is 0.125. The van der Waals surface area contributed by atoms with E-state index in [2.05, 4.69) is 31.1 Å². The van der Waals surface area contributed by atoms with E-state index in [-0.39, 0.29) is 42.1 Å². The molecular weight excluding hydrogens is 703 g/mol. The maximum atomic E-state index is 13.9. The molecule has 53 heavy (non-hydrogen) atoms. The SMILES string of the molecule is Cc1ccc(S(=O)(=O)N2CCOCC2)cc1-c1cccc(C[C@H](NC(=O)C2CCC(CNC(=O)O)CC2)C(=O)Nc2ccc(-c3n[nH]c(=O)[nH]3)cc2)c1. The number of benzene rings is 3. The van der Waals surface area contributed by atoms with Crippen molar-refractivity contribution in [3.05, 3.63) is 88.3 Å². The number of aromatic amines is 2. The van der Waals surface area contributed by atoms with E-state index in [1.807, 2.05) is 31.2 Å². The molecule has 6 N–H and O–H groups in total. The van der Waals surface area contributed by atoms with E-state index in [9.17, 15) is 27.6 Å². The van der Waals surface area contributed by atoms with Gasteiger partial charge in [0.25, 0.3) is 0 Å². The van der Waals surface area contributed by atoms with Gasteiger partial charge in [0.2, 0.25) is 21.8 Å². The summed E-state index contributed by atoms with van der Waals surface area (Å²) in [5.41, 5.74) is 3.81. The molecule has 2 heterocycles. The maximum absolute atomic E-state index is 13.9. The van der Waals surface area contributed by atoms with Gasteiger partial charge in [-0.1, -0.05) is 30.3 Å². The Hall–Kier alpha value is -5.32. The molecule has 0 bridgehead atoms. The predicted octanol–water partition coefficient (Wildman–Crippen LogP) is 3.50. The van der Waals surface area contributed by atoms with Crippen LogP contribution in [0.3, 0.4) is 0 Å². The third-order valence-electron chi connectivity index (χ3n) is 9.81. The number of nitrogens with one attached hydrogen (secondary N) is 5. The zero-order valence-electron chi connectivity index (χ0n) is 29.3. The smallest absolute Gasteiger partial charge is 0.404 e. The average Bonchev–Trinajstić information content (AvgIpc) is 3.60. The van der Waals surface area contributed by atoms with Gasteiger partial charge in [0.05, 0.1) is 18.1 Å². The van der Waals surface area contributed by atoms with Crippen molar-refractivity contribution in [1.82, 2.24) is 30.1 Å². The number of hydrogen-bond acceptors (Lipinski definition) is 8. The summed E-state index contributed by atoms with van der Waals surface area (Å²) in [7, 11) is -3.73. The Morgan fingerprint density at radius 3 is 2.40 bits per heavy atom. The number of rotatable bonds is 12. The van der Waals surface area contributed by atoms with Crippen molar-refractivity contribution in [2.75, 3.05) is 38.2 Å². The lowest BCUT2D eigenvalue weighted by Gasteiger charge is -2.29. The maximum Gasteiger partial charge on any atom is 0.404 e. The lowest BCUT2D eigenvalue weighted by Crippen LogP contribution is -2.48. The van der Waals surface area contributed by atoms with Crippen molar-refractivity contribution in [2.45, 2.75) is 50.0 Å². The Bertz CT molecular complexity index is 2100. The second-order valence-corrected chi connectivity index (χ2v) is 15.4. The molecule has 0 radical (unpaired) electrons. The topological polar surface area (TPSA) is 216 Å². The average molecular weight is 746 g/mol. The first-order valence-corrected chi connectivity index (χ1v) is 19.0. The number of H-pyrrole nitrogens is 2. The van der Waals surface area contributed by atoms with E-state index in [0.29, 0.717) is 62.5 Å². The molecule has 1 aliphatic carbocycles. The van der Waals surface area contributed by atoms with Crippen LogP contribution >= 0.6 is 0 Å². The molecule has 2 fully saturated rings. The van der Waals surface area contributed by atoms with Crippen LogP contribution in [0.25, 0.3) is 22.5 Å². The van der Waals surface area contributed by atoms with E-state index in [1.54, 1.807) is 42.5 Å². The number of carbonyl (C=O) groups excluding carboxylic acids is 2. The minimum Gasteiger partial charge on any atom is -0.465 e. The summed E-state index contributed by atoms with van der Waals surface area (Å²) in [5, 5.41) is 23.5. The molecule has 1 atom stereocenters. The van der Waals surface area contributed by atoms with Crippen LogP contribution in [0.5, 0.6) is 0 Å². The number of amides is 3. The van der Waals surface area contributed by atoms with Crippen LogP contribution in [0.2, 0.25) is 0 Å². The molecule has 0 spiro atoms. The number of aryl methyl sites for hydroxylation is 1. The standard InChI is InChI=1S/C37H43N7O8S/c1-23-5-14-30(53(50,51)44-15-17-52-18-16-44)21-31(23)28-4-2-3-25(19-28)20-32(40-34(45)27-8-6-24(7-9-27)22-38-37(48)49)35(46)39-29-12-10-26(11-13-29)33-41-36(47)43-42-33/h2-5,10-14,19,21,24,27,32,38H,6-9,15-18,20,22H2,1H3,(H,39,46)(H,40,45)(H,48,49)(H2,41,42,43,47)/t24?,27?,32-/m0/s1. The first-order valence-electron chi connectivity index (χ1n) is 17.6. The second-order valence-electron chi connectivity index (χ2n) is 13.5. The van der Waals surface area contributed by atoms with E-state index in [0.717, 1.165) is 22.3 Å². The first-order chi connectivity index (χ1) is 25.5. The zero-order valence-corrected chi connectivity index (χ0v) is 30.1. The summed E-state index contributed by atoms with van der Waals surface area (Å²) in [6.45, 7) is 3.50. The molecule has 1 aromatic heterocycles. The molecule has 3 amide bonds. The van der Waals surface area contributed by atoms with Gasteiger partial charge in [0.15, 0.2) is 5.82 Å². The Balaban J connectivity index is 1.21. The summed E-state index contributed by atoms with van der Waals surface area (Å²) in [5.74, 6) is -0.512. The van der Waals surface area contributed by atoms with Gasteiger partial charge in [0.1, 0.15) is 6.04 Å². The summed E-state index contributed by atoms with van der Waals surface area (Å²) < 4.78 is 33.7. The van der Waals surface area contributed by atoms with Gasteiger partial charge in [-0.3, -0.25) is 14.6 Å². The van der Waals surface area contributed by atoms with Gasteiger partial charge < -0.3 is 25.8 Å². The third kappa shape index (κ3) is 9.38. The minimum atomic E-state index is -3.73. The van der Waals surface area contributed by atoms with Gasteiger partial charge in [-0.25, -0.2) is 23.1 Å². The van der Waals surface area contributed by atoms with Gasteiger partial charge in [-0.05, 0) is 97.2 Å². The van der Waals surface area contributed by atoms with E-state index < -0.39 is 33.8 Å². The molecule has 3 aromatic carbocycles. The van der Waals surface area contributed by atoms with Crippen molar-refractivity contribution >= 4 is 33.6 Å². The number of morpholine rings is 1. The summed E-state index contributed by atoms with van der Waals surface area (Å²) in [4.78, 5) is 52.7. The Morgan fingerprint density at radius 2 is 1.72 bits per heavy atom. The molecule has 0 unspecified atom stereocenters. The molecule has 16 heteroatoms. The molecule has 2 aliphatic rings. The van der Waals surface area contributed by atoms with Crippen molar-refractivity contribution in [3.63, 3.8) is 0 Å². The van der Waals surface area contributed by atoms with E-state index >= 15 is 0 Å². The minimum absolute atomic E-state index is 0.144. The van der Waals surface area contributed by atoms with Crippen LogP contribution in [0.1, 0.15) is 36.8 Å². The highest BCUT2D eigenvalue weighted by Crippen LogP contribution is 2.31. The van der Waals surface area contributed by atoms with Crippen LogP contribution in [0, 0.1) is 18.8 Å². The number of sulfonamides is 1. The van der Waals surface area contributed by atoms with Crippen LogP contribution in [0.15, 0.2) is 76.4 Å². The Kier molecular flexibility index (Phi) is 11.7. The summed E-state index contributed by atoms with van der Waals surface area (Å²) >= 11 is 0. The fraction of sp³-hybridized carbons (Fsp3) is 0.378. The number of carboxylic acid groups (broad SMARTS) is 1. The number of aromatic nitrogens is 3. The van der Waals surface area contributed by atoms with Gasteiger partial charge >= 0.3 is 11.8 Å². The monoisotopic (exact) mass is 745 g/mol. The summed E-state index contributed by atoms with van der Waals surface area (Å²) in [6, 6.07) is 18.4. The molecule has 280 valence electrons. The lowest BCUT2D eigenvalue weighted by molar-refractivity contribution is -0.130. The number of ether oxygens (including phenoxy) is 1. The number of anilines is 1. The molecule has 4 aromatic rings. The van der Waals surface area contributed by atoms with E-state index in [1.165, 1.54) is 4.31 Å². The fourth-order valence-electron chi connectivity index (χ4n) is 6.82. The highest BCUT2D eigenvalue weighted by atomic mass is 32.2.